The molecule has 2 heteroatoms. The number of anilines is 2. The van der Waals surface area contributed by atoms with Crippen LogP contribution in [0.25, 0.3) is 11.1 Å². The predicted molar refractivity (Wildman–Crippen MR) is 86.8 cm³/mol. The van der Waals surface area contributed by atoms with E-state index in [4.69, 9.17) is 11.5 Å². The van der Waals surface area contributed by atoms with Gasteiger partial charge in [-0.2, -0.15) is 0 Å². The Balaban J connectivity index is 2.43. The van der Waals surface area contributed by atoms with Crippen LogP contribution in [-0.4, -0.2) is 0 Å². The van der Waals surface area contributed by atoms with E-state index >= 15 is 0 Å². The van der Waals surface area contributed by atoms with Gasteiger partial charge in [-0.05, 0) is 57.3 Å². The molecular weight excluding hydrogens is 244 g/mol. The fraction of sp³-hybridized carbons (Fsp3) is 0.333. The van der Waals surface area contributed by atoms with Crippen LogP contribution in [0.1, 0.15) is 38.8 Å². The van der Waals surface area contributed by atoms with E-state index in [-0.39, 0.29) is 10.8 Å². The Morgan fingerprint density at radius 1 is 0.650 bits per heavy atom. The van der Waals surface area contributed by atoms with E-state index in [2.05, 4.69) is 52.0 Å². The van der Waals surface area contributed by atoms with Crippen molar-refractivity contribution in [3.63, 3.8) is 0 Å². The number of fused-ring (bicyclic) bond motifs is 3. The lowest BCUT2D eigenvalue weighted by atomic mass is 9.55. The normalized spacial score (nSPS) is 18.2. The van der Waals surface area contributed by atoms with Crippen molar-refractivity contribution in [2.24, 2.45) is 0 Å². The lowest BCUT2D eigenvalue weighted by Gasteiger charge is -2.48. The lowest BCUT2D eigenvalue weighted by molar-refractivity contribution is 0.299. The maximum atomic E-state index is 6.02. The molecule has 0 saturated heterocycles. The third-order valence-corrected chi connectivity index (χ3v) is 5.29. The predicted octanol–water partition coefficient (Wildman–Crippen LogP) is 4.09. The van der Waals surface area contributed by atoms with Crippen LogP contribution >= 0.6 is 0 Å². The first-order valence-electron chi connectivity index (χ1n) is 7.05. The van der Waals surface area contributed by atoms with Gasteiger partial charge >= 0.3 is 0 Å². The summed E-state index contributed by atoms with van der Waals surface area (Å²) in [5, 5.41) is 0. The van der Waals surface area contributed by atoms with Crippen molar-refractivity contribution in [3.05, 3.63) is 47.5 Å². The molecule has 1 aliphatic rings. The maximum Gasteiger partial charge on any atom is 0.0317 e. The number of nitrogens with two attached hydrogens (primary N) is 2. The second-order valence-electron chi connectivity index (χ2n) is 6.86. The zero-order chi connectivity index (χ0) is 14.7. The quantitative estimate of drug-likeness (QED) is 0.706. The molecule has 2 nitrogen and oxygen atoms in total. The van der Waals surface area contributed by atoms with Gasteiger partial charge in [-0.1, -0.05) is 39.8 Å². The Hall–Kier alpha value is -1.96. The van der Waals surface area contributed by atoms with E-state index < -0.39 is 0 Å². The molecule has 2 aromatic rings. The molecule has 3 rings (SSSR count). The fourth-order valence-corrected chi connectivity index (χ4v) is 3.30. The standard InChI is InChI=1S/C18H22N2/c1-17(2)15-9-11(19)5-7-13(15)14-8-6-12(20)10-16(14)18(17,3)4/h5-10H,19-20H2,1-4H3. The van der Waals surface area contributed by atoms with Crippen LogP contribution in [0.2, 0.25) is 0 Å². The molecule has 0 amide bonds. The molecule has 0 spiro atoms. The minimum atomic E-state index is -0.00148. The average molecular weight is 266 g/mol. The van der Waals surface area contributed by atoms with E-state index in [0.717, 1.165) is 11.4 Å². The summed E-state index contributed by atoms with van der Waals surface area (Å²) < 4.78 is 0. The summed E-state index contributed by atoms with van der Waals surface area (Å²) >= 11 is 0. The van der Waals surface area contributed by atoms with Gasteiger partial charge in [0.1, 0.15) is 0 Å². The van der Waals surface area contributed by atoms with E-state index in [1.165, 1.54) is 22.3 Å². The largest absolute Gasteiger partial charge is 0.399 e. The molecule has 0 aliphatic heterocycles. The number of nitrogen functional groups attached to an aromatic ring is 2. The molecule has 0 atom stereocenters. The van der Waals surface area contributed by atoms with Gasteiger partial charge in [0.05, 0.1) is 0 Å². The third-order valence-electron chi connectivity index (χ3n) is 5.29. The Morgan fingerprint density at radius 2 is 1.00 bits per heavy atom. The molecule has 0 bridgehead atoms. The minimum Gasteiger partial charge on any atom is -0.399 e. The summed E-state index contributed by atoms with van der Waals surface area (Å²) in [5.41, 5.74) is 18.9. The summed E-state index contributed by atoms with van der Waals surface area (Å²) in [6.45, 7) is 9.16. The molecular formula is C18H22N2. The van der Waals surface area contributed by atoms with Gasteiger partial charge in [0.25, 0.3) is 0 Å². The van der Waals surface area contributed by atoms with Gasteiger partial charge in [-0.3, -0.25) is 0 Å². The van der Waals surface area contributed by atoms with E-state index in [1.54, 1.807) is 0 Å². The summed E-state index contributed by atoms with van der Waals surface area (Å²) in [6.07, 6.45) is 0. The molecule has 0 radical (unpaired) electrons. The smallest absolute Gasteiger partial charge is 0.0317 e. The van der Waals surface area contributed by atoms with Gasteiger partial charge in [0, 0.05) is 11.4 Å². The average Bonchev–Trinajstić information content (AvgIpc) is 2.37. The Kier molecular flexibility index (Phi) is 2.47. The van der Waals surface area contributed by atoms with E-state index in [0.29, 0.717) is 0 Å². The molecule has 0 aromatic heterocycles. The number of hydrogen-bond acceptors (Lipinski definition) is 2. The second kappa shape index (κ2) is 3.78. The molecule has 4 N–H and O–H groups in total. The highest BCUT2D eigenvalue weighted by molar-refractivity contribution is 5.80. The highest BCUT2D eigenvalue weighted by atomic mass is 14.6. The molecule has 1 aliphatic carbocycles. The van der Waals surface area contributed by atoms with Crippen molar-refractivity contribution < 1.29 is 0 Å². The Morgan fingerprint density at radius 3 is 1.35 bits per heavy atom. The van der Waals surface area contributed by atoms with Crippen molar-refractivity contribution in [2.75, 3.05) is 11.5 Å². The van der Waals surface area contributed by atoms with Gasteiger partial charge in [-0.15, -0.1) is 0 Å². The zero-order valence-electron chi connectivity index (χ0n) is 12.6. The number of hydrogen-bond donors (Lipinski definition) is 2. The summed E-state index contributed by atoms with van der Waals surface area (Å²) in [6, 6.07) is 12.5. The highest BCUT2D eigenvalue weighted by Gasteiger charge is 2.45. The van der Waals surface area contributed by atoms with Crippen molar-refractivity contribution in [1.82, 2.24) is 0 Å². The Bertz CT molecular complexity index is 635. The van der Waals surface area contributed by atoms with Crippen LogP contribution in [0.15, 0.2) is 36.4 Å². The monoisotopic (exact) mass is 266 g/mol. The Labute approximate surface area is 120 Å². The van der Waals surface area contributed by atoms with Crippen LogP contribution in [0, 0.1) is 0 Å². The lowest BCUT2D eigenvalue weighted by Crippen LogP contribution is -2.43. The first kappa shape index (κ1) is 13.0. The highest BCUT2D eigenvalue weighted by Crippen LogP contribution is 2.54. The van der Waals surface area contributed by atoms with Crippen molar-refractivity contribution >= 4 is 11.4 Å². The molecule has 0 unspecified atom stereocenters. The van der Waals surface area contributed by atoms with Crippen molar-refractivity contribution in [3.8, 4) is 11.1 Å². The third kappa shape index (κ3) is 1.51. The molecule has 2 aromatic carbocycles. The fourth-order valence-electron chi connectivity index (χ4n) is 3.30. The maximum absolute atomic E-state index is 6.02. The zero-order valence-corrected chi connectivity index (χ0v) is 12.6. The van der Waals surface area contributed by atoms with Crippen LogP contribution in [0.4, 0.5) is 11.4 Å². The van der Waals surface area contributed by atoms with Gasteiger partial charge in [0.2, 0.25) is 0 Å². The number of rotatable bonds is 0. The summed E-state index contributed by atoms with van der Waals surface area (Å²) in [7, 11) is 0. The van der Waals surface area contributed by atoms with Crippen LogP contribution in [-0.2, 0) is 10.8 Å². The topological polar surface area (TPSA) is 52.0 Å². The van der Waals surface area contributed by atoms with Crippen LogP contribution < -0.4 is 11.5 Å². The summed E-state index contributed by atoms with van der Waals surface area (Å²) in [4.78, 5) is 0. The van der Waals surface area contributed by atoms with Crippen molar-refractivity contribution in [2.45, 2.75) is 38.5 Å². The van der Waals surface area contributed by atoms with E-state index in [9.17, 15) is 0 Å². The van der Waals surface area contributed by atoms with Gasteiger partial charge in [-0.25, -0.2) is 0 Å². The van der Waals surface area contributed by atoms with E-state index in [1.807, 2.05) is 12.1 Å². The summed E-state index contributed by atoms with van der Waals surface area (Å²) in [5.74, 6) is 0. The first-order valence-corrected chi connectivity index (χ1v) is 7.05. The molecule has 0 fully saturated rings. The van der Waals surface area contributed by atoms with Crippen LogP contribution in [0.3, 0.4) is 0 Å². The van der Waals surface area contributed by atoms with Gasteiger partial charge in [0.15, 0.2) is 0 Å². The minimum absolute atomic E-state index is 0.00148. The molecule has 104 valence electrons. The molecule has 0 saturated carbocycles. The van der Waals surface area contributed by atoms with Crippen molar-refractivity contribution in [1.29, 1.82) is 0 Å². The second-order valence-corrected chi connectivity index (χ2v) is 6.86. The van der Waals surface area contributed by atoms with Crippen LogP contribution in [0.5, 0.6) is 0 Å². The first-order chi connectivity index (χ1) is 9.25. The molecule has 0 heterocycles. The molecule has 20 heavy (non-hydrogen) atoms. The van der Waals surface area contributed by atoms with Gasteiger partial charge < -0.3 is 11.5 Å². The SMILES string of the molecule is CC1(C)c2cc(N)ccc2-c2ccc(N)cc2C1(C)C. The number of benzene rings is 2.